The van der Waals surface area contributed by atoms with Gasteiger partial charge in [0.15, 0.2) is 0 Å². The molecule has 0 bridgehead atoms. The summed E-state index contributed by atoms with van der Waals surface area (Å²) in [4.78, 5) is 14.9. The van der Waals surface area contributed by atoms with E-state index in [2.05, 4.69) is 22.1 Å². The highest BCUT2D eigenvalue weighted by molar-refractivity contribution is 5.93. The average Bonchev–Trinajstić information content (AvgIpc) is 3.10. The van der Waals surface area contributed by atoms with E-state index >= 15 is 0 Å². The fourth-order valence-corrected chi connectivity index (χ4v) is 4.30. The van der Waals surface area contributed by atoms with Crippen LogP contribution >= 0.6 is 0 Å². The number of aromatic nitrogens is 2. The summed E-state index contributed by atoms with van der Waals surface area (Å²) < 4.78 is 1.86. The average molecular weight is 323 g/mol. The predicted molar refractivity (Wildman–Crippen MR) is 93.7 cm³/mol. The largest absolute Gasteiger partial charge is 0.338 e. The Morgan fingerprint density at radius 3 is 2.71 bits per heavy atom. The number of benzene rings is 1. The molecule has 4 nitrogen and oxygen atoms in total. The van der Waals surface area contributed by atoms with Gasteiger partial charge in [-0.2, -0.15) is 5.10 Å². The van der Waals surface area contributed by atoms with E-state index in [1.807, 2.05) is 29.1 Å². The SMILES string of the molecule is O=C(c1cnn(Cc2ccccc2)c1)N1CC[C@@H]2CCCC[C@H]2C1. The first-order valence-electron chi connectivity index (χ1n) is 9.15. The molecule has 1 saturated heterocycles. The van der Waals surface area contributed by atoms with E-state index in [1.54, 1.807) is 6.20 Å². The first-order chi connectivity index (χ1) is 11.8. The highest BCUT2D eigenvalue weighted by Crippen LogP contribution is 2.36. The molecular weight excluding hydrogens is 298 g/mol. The summed E-state index contributed by atoms with van der Waals surface area (Å²) in [5.41, 5.74) is 1.92. The van der Waals surface area contributed by atoms with Crippen molar-refractivity contribution in [1.82, 2.24) is 14.7 Å². The smallest absolute Gasteiger partial charge is 0.257 e. The molecule has 0 radical (unpaired) electrons. The number of carbonyl (C=O) groups is 1. The molecule has 2 heterocycles. The molecule has 0 unspecified atom stereocenters. The lowest BCUT2D eigenvalue weighted by Crippen LogP contribution is -2.44. The molecule has 1 aliphatic heterocycles. The maximum atomic E-state index is 12.8. The van der Waals surface area contributed by atoms with Crippen LogP contribution in [-0.4, -0.2) is 33.7 Å². The van der Waals surface area contributed by atoms with E-state index in [0.29, 0.717) is 6.54 Å². The van der Waals surface area contributed by atoms with Gasteiger partial charge in [-0.15, -0.1) is 0 Å². The normalized spacial score (nSPS) is 23.8. The fourth-order valence-electron chi connectivity index (χ4n) is 4.30. The summed E-state index contributed by atoms with van der Waals surface area (Å²) in [6.45, 7) is 2.55. The second kappa shape index (κ2) is 6.80. The van der Waals surface area contributed by atoms with Crippen molar-refractivity contribution in [2.75, 3.05) is 13.1 Å². The number of carbonyl (C=O) groups excluding carboxylic acids is 1. The molecule has 1 aromatic carbocycles. The van der Waals surface area contributed by atoms with Crippen LogP contribution in [0.25, 0.3) is 0 Å². The number of nitrogens with zero attached hydrogens (tertiary/aromatic N) is 3. The number of fused-ring (bicyclic) bond motifs is 1. The van der Waals surface area contributed by atoms with Crippen molar-refractivity contribution in [1.29, 1.82) is 0 Å². The zero-order chi connectivity index (χ0) is 16.4. The quantitative estimate of drug-likeness (QED) is 0.866. The number of likely N-dealkylation sites (tertiary alicyclic amines) is 1. The topological polar surface area (TPSA) is 38.1 Å². The Morgan fingerprint density at radius 2 is 1.88 bits per heavy atom. The molecule has 24 heavy (non-hydrogen) atoms. The minimum Gasteiger partial charge on any atom is -0.338 e. The van der Waals surface area contributed by atoms with Crippen LogP contribution in [0.3, 0.4) is 0 Å². The van der Waals surface area contributed by atoms with Gasteiger partial charge in [0.25, 0.3) is 5.91 Å². The van der Waals surface area contributed by atoms with E-state index in [0.717, 1.165) is 30.5 Å². The standard InChI is InChI=1S/C20H25N3O/c24-20(22-11-10-17-8-4-5-9-18(17)14-22)19-12-21-23(15-19)13-16-6-2-1-3-7-16/h1-3,6-7,12,15,17-18H,4-5,8-11,13-14H2/t17-,18-/m0/s1. The summed E-state index contributed by atoms with van der Waals surface area (Å²) in [6.07, 6.45) is 10.2. The second-order valence-corrected chi connectivity index (χ2v) is 7.26. The van der Waals surface area contributed by atoms with Crippen molar-refractivity contribution in [2.24, 2.45) is 11.8 Å². The minimum absolute atomic E-state index is 0.151. The Bertz CT molecular complexity index is 694. The van der Waals surface area contributed by atoms with Crippen molar-refractivity contribution in [3.05, 3.63) is 53.9 Å². The van der Waals surface area contributed by atoms with Crippen LogP contribution in [0, 0.1) is 11.8 Å². The number of piperidine rings is 1. The van der Waals surface area contributed by atoms with E-state index in [9.17, 15) is 4.79 Å². The lowest BCUT2D eigenvalue weighted by Gasteiger charge is -2.41. The summed E-state index contributed by atoms with van der Waals surface area (Å²) >= 11 is 0. The van der Waals surface area contributed by atoms with Crippen molar-refractivity contribution in [2.45, 2.75) is 38.6 Å². The maximum Gasteiger partial charge on any atom is 0.257 e. The van der Waals surface area contributed by atoms with Gasteiger partial charge in [0.05, 0.1) is 18.3 Å². The van der Waals surface area contributed by atoms with Crippen LogP contribution in [0.4, 0.5) is 0 Å². The summed E-state index contributed by atoms with van der Waals surface area (Å²) in [5, 5.41) is 4.38. The third-order valence-electron chi connectivity index (χ3n) is 5.65. The molecule has 2 fully saturated rings. The molecule has 0 spiro atoms. The lowest BCUT2D eigenvalue weighted by molar-refractivity contribution is 0.0521. The second-order valence-electron chi connectivity index (χ2n) is 7.26. The zero-order valence-electron chi connectivity index (χ0n) is 14.1. The monoisotopic (exact) mass is 323 g/mol. The minimum atomic E-state index is 0.151. The van der Waals surface area contributed by atoms with Crippen LogP contribution < -0.4 is 0 Å². The fraction of sp³-hybridized carbons (Fsp3) is 0.500. The molecule has 2 aliphatic rings. The number of hydrogen-bond acceptors (Lipinski definition) is 2. The zero-order valence-corrected chi connectivity index (χ0v) is 14.1. The van der Waals surface area contributed by atoms with Crippen molar-refractivity contribution in [3.63, 3.8) is 0 Å². The Balaban J connectivity index is 1.41. The Hall–Kier alpha value is -2.10. The molecule has 2 aromatic rings. The summed E-state index contributed by atoms with van der Waals surface area (Å²) in [6, 6.07) is 10.2. The molecule has 2 atom stereocenters. The molecule has 1 aromatic heterocycles. The van der Waals surface area contributed by atoms with Gasteiger partial charge < -0.3 is 4.90 Å². The van der Waals surface area contributed by atoms with Crippen molar-refractivity contribution in [3.8, 4) is 0 Å². The lowest BCUT2D eigenvalue weighted by atomic mass is 9.75. The van der Waals surface area contributed by atoms with E-state index < -0.39 is 0 Å². The molecule has 4 rings (SSSR count). The van der Waals surface area contributed by atoms with Gasteiger partial charge in [-0.05, 0) is 30.2 Å². The molecule has 0 N–H and O–H groups in total. The number of hydrogen-bond donors (Lipinski definition) is 0. The highest BCUT2D eigenvalue weighted by Gasteiger charge is 2.33. The molecule has 1 amide bonds. The molecule has 1 saturated carbocycles. The highest BCUT2D eigenvalue weighted by atomic mass is 16.2. The van der Waals surface area contributed by atoms with E-state index in [4.69, 9.17) is 0 Å². The van der Waals surface area contributed by atoms with Crippen molar-refractivity contribution < 1.29 is 4.79 Å². The van der Waals surface area contributed by atoms with Gasteiger partial charge in [0.1, 0.15) is 0 Å². The van der Waals surface area contributed by atoms with E-state index in [-0.39, 0.29) is 5.91 Å². The van der Waals surface area contributed by atoms with Crippen LogP contribution in [0.1, 0.15) is 48.0 Å². The Morgan fingerprint density at radius 1 is 1.08 bits per heavy atom. The van der Waals surface area contributed by atoms with Crippen LogP contribution in [0.15, 0.2) is 42.7 Å². The molecular formula is C20H25N3O. The molecule has 4 heteroatoms. The Labute approximate surface area is 143 Å². The van der Waals surface area contributed by atoms with Gasteiger partial charge in [-0.1, -0.05) is 49.6 Å². The first-order valence-corrected chi connectivity index (χ1v) is 9.15. The molecule has 1 aliphatic carbocycles. The third-order valence-corrected chi connectivity index (χ3v) is 5.65. The van der Waals surface area contributed by atoms with Gasteiger partial charge >= 0.3 is 0 Å². The van der Waals surface area contributed by atoms with Crippen LogP contribution in [0.5, 0.6) is 0 Å². The van der Waals surface area contributed by atoms with Gasteiger partial charge in [0, 0.05) is 19.3 Å². The summed E-state index contributed by atoms with van der Waals surface area (Å²) in [7, 11) is 0. The Kier molecular flexibility index (Phi) is 4.37. The van der Waals surface area contributed by atoms with Gasteiger partial charge in [-0.3, -0.25) is 9.48 Å². The van der Waals surface area contributed by atoms with E-state index in [1.165, 1.54) is 37.7 Å². The van der Waals surface area contributed by atoms with Gasteiger partial charge in [0.2, 0.25) is 0 Å². The van der Waals surface area contributed by atoms with Crippen molar-refractivity contribution >= 4 is 5.91 Å². The predicted octanol–water partition coefficient (Wildman–Crippen LogP) is 3.58. The maximum absolute atomic E-state index is 12.8. The van der Waals surface area contributed by atoms with Gasteiger partial charge in [-0.25, -0.2) is 0 Å². The first kappa shape index (κ1) is 15.4. The number of amides is 1. The number of rotatable bonds is 3. The van der Waals surface area contributed by atoms with Crippen LogP contribution in [0.2, 0.25) is 0 Å². The van der Waals surface area contributed by atoms with Crippen LogP contribution in [-0.2, 0) is 6.54 Å². The summed E-state index contributed by atoms with van der Waals surface area (Å²) in [5.74, 6) is 1.72. The molecule has 126 valence electrons. The third kappa shape index (κ3) is 3.23.